The zero-order valence-electron chi connectivity index (χ0n) is 7.77. The van der Waals surface area contributed by atoms with Crippen LogP contribution in [0.15, 0.2) is 12.3 Å². The molecule has 0 spiro atoms. The van der Waals surface area contributed by atoms with E-state index in [-0.39, 0.29) is 6.42 Å². The summed E-state index contributed by atoms with van der Waals surface area (Å²) in [6, 6.07) is 0. The number of aliphatic carboxylic acids is 1. The van der Waals surface area contributed by atoms with Crippen molar-refractivity contribution in [3.05, 3.63) is 12.3 Å². The number of hydrogen-bond acceptors (Lipinski definition) is 3. The first-order valence-corrected chi connectivity index (χ1v) is 4.28. The Morgan fingerprint density at radius 3 is 2.62 bits per heavy atom. The molecule has 0 saturated heterocycles. The van der Waals surface area contributed by atoms with Gasteiger partial charge in [0.05, 0.1) is 6.42 Å². The van der Waals surface area contributed by atoms with Gasteiger partial charge in [-0.25, -0.2) is 0 Å². The summed E-state index contributed by atoms with van der Waals surface area (Å²) < 4.78 is 0. The summed E-state index contributed by atoms with van der Waals surface area (Å²) in [5.41, 5.74) is 0. The Hall–Kier alpha value is -1.32. The van der Waals surface area contributed by atoms with Crippen molar-refractivity contribution >= 4 is 12.3 Å². The van der Waals surface area contributed by atoms with E-state index in [0.29, 0.717) is 12.8 Å². The minimum Gasteiger partial charge on any atom is -0.481 e. The summed E-state index contributed by atoms with van der Waals surface area (Å²) >= 11 is 0. The van der Waals surface area contributed by atoms with Crippen molar-refractivity contribution in [2.45, 2.75) is 19.8 Å². The lowest BCUT2D eigenvalue weighted by Crippen LogP contribution is -2.21. The van der Waals surface area contributed by atoms with Crippen molar-refractivity contribution in [2.75, 3.05) is 13.1 Å². The summed E-state index contributed by atoms with van der Waals surface area (Å²) in [4.78, 5) is 22.1. The third-order valence-electron chi connectivity index (χ3n) is 1.50. The molecule has 0 atom stereocenters. The Bertz CT molecular complexity index is 189. The lowest BCUT2D eigenvalue weighted by Gasteiger charge is -2.17. The van der Waals surface area contributed by atoms with E-state index in [2.05, 4.69) is 0 Å². The highest BCUT2D eigenvalue weighted by atomic mass is 16.4. The molecule has 74 valence electrons. The van der Waals surface area contributed by atoms with Gasteiger partial charge in [0.1, 0.15) is 6.29 Å². The Morgan fingerprint density at radius 1 is 1.46 bits per heavy atom. The molecule has 0 aromatic carbocycles. The van der Waals surface area contributed by atoms with Gasteiger partial charge < -0.3 is 10.0 Å². The van der Waals surface area contributed by atoms with Crippen molar-refractivity contribution in [1.82, 2.24) is 4.90 Å². The van der Waals surface area contributed by atoms with Crippen LogP contribution in [0.1, 0.15) is 19.8 Å². The standard InChI is InChI=1S/C9H15NO3/c1-2-5-10(6-3-8-11)7-4-9(12)13/h3,6,8H,2,4-5,7H2,1H3,(H,12,13)/b6-3+. The van der Waals surface area contributed by atoms with Gasteiger partial charge >= 0.3 is 5.97 Å². The van der Waals surface area contributed by atoms with Crippen molar-refractivity contribution in [3.63, 3.8) is 0 Å². The zero-order chi connectivity index (χ0) is 10.1. The fourth-order valence-electron chi connectivity index (χ4n) is 0.944. The fraction of sp³-hybridized carbons (Fsp3) is 0.556. The van der Waals surface area contributed by atoms with Gasteiger partial charge in [-0.1, -0.05) is 6.92 Å². The maximum Gasteiger partial charge on any atom is 0.305 e. The number of nitrogens with zero attached hydrogens (tertiary/aromatic N) is 1. The van der Waals surface area contributed by atoms with Crippen LogP contribution in [-0.4, -0.2) is 35.4 Å². The third kappa shape index (κ3) is 7.05. The Morgan fingerprint density at radius 2 is 2.15 bits per heavy atom. The number of carbonyl (C=O) groups excluding carboxylic acids is 1. The molecule has 4 nitrogen and oxygen atoms in total. The van der Waals surface area contributed by atoms with Crippen LogP contribution < -0.4 is 0 Å². The number of carbonyl (C=O) groups is 2. The molecule has 0 rings (SSSR count). The first-order valence-electron chi connectivity index (χ1n) is 4.28. The van der Waals surface area contributed by atoms with Gasteiger partial charge in [0.2, 0.25) is 0 Å². The Kier molecular flexibility index (Phi) is 6.59. The van der Waals surface area contributed by atoms with Crippen LogP contribution in [0.4, 0.5) is 0 Å². The smallest absolute Gasteiger partial charge is 0.305 e. The second-order valence-electron chi connectivity index (χ2n) is 2.66. The SMILES string of the molecule is CCCN(/C=C/C=O)CCC(=O)O. The van der Waals surface area contributed by atoms with E-state index in [1.165, 1.54) is 6.08 Å². The van der Waals surface area contributed by atoms with E-state index in [1.807, 2.05) is 11.8 Å². The molecule has 0 aliphatic rings. The van der Waals surface area contributed by atoms with Crippen LogP contribution >= 0.6 is 0 Å². The molecular weight excluding hydrogens is 170 g/mol. The second-order valence-corrected chi connectivity index (χ2v) is 2.66. The first kappa shape index (κ1) is 11.7. The van der Waals surface area contributed by atoms with Crippen molar-refractivity contribution in [1.29, 1.82) is 0 Å². The van der Waals surface area contributed by atoms with Crippen LogP contribution in [0.5, 0.6) is 0 Å². The molecule has 0 aliphatic carbocycles. The monoisotopic (exact) mass is 185 g/mol. The molecule has 0 heterocycles. The van der Waals surface area contributed by atoms with E-state index in [1.54, 1.807) is 6.20 Å². The number of carboxylic acids is 1. The van der Waals surface area contributed by atoms with Crippen molar-refractivity contribution < 1.29 is 14.7 Å². The largest absolute Gasteiger partial charge is 0.481 e. The normalized spacial score (nSPS) is 10.2. The molecule has 0 bridgehead atoms. The minimum atomic E-state index is -0.819. The van der Waals surface area contributed by atoms with E-state index >= 15 is 0 Å². The molecular formula is C9H15NO3. The Labute approximate surface area is 77.8 Å². The molecule has 0 unspecified atom stereocenters. The summed E-state index contributed by atoms with van der Waals surface area (Å²) in [6.07, 6.45) is 4.71. The van der Waals surface area contributed by atoms with Crippen LogP contribution in [0, 0.1) is 0 Å². The van der Waals surface area contributed by atoms with Gasteiger partial charge in [0, 0.05) is 19.3 Å². The highest BCUT2D eigenvalue weighted by molar-refractivity contribution is 5.67. The van der Waals surface area contributed by atoms with E-state index in [9.17, 15) is 9.59 Å². The summed E-state index contributed by atoms with van der Waals surface area (Å²) in [7, 11) is 0. The lowest BCUT2D eigenvalue weighted by atomic mass is 10.3. The predicted octanol–water partition coefficient (Wildman–Crippen LogP) is 0.886. The molecule has 0 aliphatic heterocycles. The van der Waals surface area contributed by atoms with E-state index < -0.39 is 5.97 Å². The Balaban J connectivity index is 3.85. The fourth-order valence-corrected chi connectivity index (χ4v) is 0.944. The van der Waals surface area contributed by atoms with E-state index in [0.717, 1.165) is 13.0 Å². The lowest BCUT2D eigenvalue weighted by molar-refractivity contribution is -0.137. The molecule has 0 saturated carbocycles. The number of carboxylic acid groups (broad SMARTS) is 1. The molecule has 4 heteroatoms. The van der Waals surface area contributed by atoms with Gasteiger partial charge in [-0.15, -0.1) is 0 Å². The molecule has 0 amide bonds. The summed E-state index contributed by atoms with van der Waals surface area (Å²) in [5.74, 6) is -0.819. The number of hydrogen-bond donors (Lipinski definition) is 1. The molecule has 0 aromatic heterocycles. The van der Waals surface area contributed by atoms with Gasteiger partial charge in [-0.3, -0.25) is 9.59 Å². The summed E-state index contributed by atoms with van der Waals surface area (Å²) in [6.45, 7) is 3.23. The van der Waals surface area contributed by atoms with Crippen LogP contribution in [0.2, 0.25) is 0 Å². The first-order chi connectivity index (χ1) is 6.20. The second kappa shape index (κ2) is 7.34. The molecule has 0 fully saturated rings. The number of rotatable bonds is 7. The molecule has 0 aromatic rings. The minimum absolute atomic E-state index is 0.100. The van der Waals surface area contributed by atoms with Crippen molar-refractivity contribution in [3.8, 4) is 0 Å². The maximum absolute atomic E-state index is 10.3. The average Bonchev–Trinajstić information content (AvgIpc) is 2.09. The van der Waals surface area contributed by atoms with Crippen LogP contribution in [-0.2, 0) is 9.59 Å². The predicted molar refractivity (Wildman–Crippen MR) is 49.3 cm³/mol. The number of allylic oxidation sites excluding steroid dienone is 1. The van der Waals surface area contributed by atoms with E-state index in [4.69, 9.17) is 5.11 Å². The number of aldehydes is 1. The van der Waals surface area contributed by atoms with Gasteiger partial charge in [-0.2, -0.15) is 0 Å². The van der Waals surface area contributed by atoms with Crippen LogP contribution in [0.25, 0.3) is 0 Å². The summed E-state index contributed by atoms with van der Waals surface area (Å²) in [5, 5.41) is 8.44. The van der Waals surface area contributed by atoms with Crippen molar-refractivity contribution in [2.24, 2.45) is 0 Å². The molecule has 1 N–H and O–H groups in total. The topological polar surface area (TPSA) is 57.6 Å². The van der Waals surface area contributed by atoms with Gasteiger partial charge in [-0.05, 0) is 12.5 Å². The molecule has 13 heavy (non-hydrogen) atoms. The molecule has 0 radical (unpaired) electrons. The zero-order valence-corrected chi connectivity index (χ0v) is 7.77. The highest BCUT2D eigenvalue weighted by Crippen LogP contribution is 1.95. The quantitative estimate of drug-likeness (QED) is 0.472. The van der Waals surface area contributed by atoms with Crippen LogP contribution in [0.3, 0.4) is 0 Å². The average molecular weight is 185 g/mol. The maximum atomic E-state index is 10.3. The van der Waals surface area contributed by atoms with Gasteiger partial charge in [0.15, 0.2) is 0 Å². The van der Waals surface area contributed by atoms with Gasteiger partial charge in [0.25, 0.3) is 0 Å². The highest BCUT2D eigenvalue weighted by Gasteiger charge is 2.01. The third-order valence-corrected chi connectivity index (χ3v) is 1.50.